The third kappa shape index (κ3) is 7.36. The fourth-order valence-electron chi connectivity index (χ4n) is 2.71. The molecule has 0 radical (unpaired) electrons. The number of nitro groups is 1. The lowest BCUT2D eigenvalue weighted by molar-refractivity contribution is -0.385. The summed E-state index contributed by atoms with van der Waals surface area (Å²) in [7, 11) is 1.38. The van der Waals surface area contributed by atoms with Gasteiger partial charge in [0.05, 0.1) is 35.5 Å². The molecule has 0 saturated heterocycles. The van der Waals surface area contributed by atoms with Crippen molar-refractivity contribution in [3.63, 3.8) is 0 Å². The van der Waals surface area contributed by atoms with E-state index in [2.05, 4.69) is 0 Å². The summed E-state index contributed by atoms with van der Waals surface area (Å²) in [6, 6.07) is 6.12. The number of alkyl halides is 3. The number of halogens is 3. The Morgan fingerprint density at radius 3 is 2.41 bits per heavy atom. The summed E-state index contributed by atoms with van der Waals surface area (Å²) < 4.78 is 55.3. The first-order valence-corrected chi connectivity index (χ1v) is 10.1. The number of esters is 1. The van der Waals surface area contributed by atoms with E-state index in [9.17, 15) is 32.9 Å². The van der Waals surface area contributed by atoms with Crippen LogP contribution in [0.3, 0.4) is 0 Å². The molecule has 0 aliphatic rings. The van der Waals surface area contributed by atoms with Crippen molar-refractivity contribution in [1.29, 1.82) is 0 Å². The quantitative estimate of drug-likeness (QED) is 0.291. The number of nitro benzene ring substituents is 1. The topological polar surface area (TPSA) is 117 Å². The first-order chi connectivity index (χ1) is 15.9. The van der Waals surface area contributed by atoms with Gasteiger partial charge < -0.3 is 19.5 Å². The minimum Gasteiger partial charge on any atom is -0.493 e. The second kappa shape index (κ2) is 11.3. The highest BCUT2D eigenvalue weighted by Gasteiger charge is 2.35. The van der Waals surface area contributed by atoms with E-state index < -0.39 is 46.5 Å². The lowest BCUT2D eigenvalue weighted by Crippen LogP contribution is -2.23. The first kappa shape index (κ1) is 26.4. The number of benzene rings is 2. The average Bonchev–Trinajstić information content (AvgIpc) is 2.76. The van der Waals surface area contributed by atoms with Gasteiger partial charge in [-0.15, -0.1) is 0 Å². The number of ether oxygens (including phenoxy) is 3. The molecule has 12 heteroatoms. The number of carbonyl (C=O) groups is 2. The average molecular weight is 484 g/mol. The van der Waals surface area contributed by atoms with Gasteiger partial charge in [-0.25, -0.2) is 4.79 Å². The molecule has 0 unspecified atom stereocenters. The molecular formula is C22H23F3N2O7. The van der Waals surface area contributed by atoms with Crippen LogP contribution in [-0.2, 0) is 15.7 Å². The van der Waals surface area contributed by atoms with Crippen LogP contribution in [0.2, 0.25) is 0 Å². The van der Waals surface area contributed by atoms with E-state index in [0.717, 1.165) is 18.6 Å². The molecule has 0 heterocycles. The van der Waals surface area contributed by atoms with Gasteiger partial charge in [0.2, 0.25) is 0 Å². The number of nitrogens with one attached hydrogen (secondary N) is 1. The second-order valence-electron chi connectivity index (χ2n) is 7.51. The van der Waals surface area contributed by atoms with E-state index in [4.69, 9.17) is 14.2 Å². The molecule has 34 heavy (non-hydrogen) atoms. The van der Waals surface area contributed by atoms with Crippen LogP contribution in [0.15, 0.2) is 36.4 Å². The number of methoxy groups -OCH3 is 1. The maximum absolute atomic E-state index is 13.2. The SMILES string of the molecule is COc1cc(C(=O)OCC(=O)Nc2ccc([N+](=O)[O-])cc2C(F)(F)F)ccc1OCCC(C)C. The molecule has 2 aromatic rings. The number of rotatable bonds is 10. The lowest BCUT2D eigenvalue weighted by atomic mass is 10.1. The molecule has 2 rings (SSSR count). The molecule has 0 aliphatic heterocycles. The van der Waals surface area contributed by atoms with E-state index in [0.29, 0.717) is 24.3 Å². The molecule has 0 aliphatic carbocycles. The summed E-state index contributed by atoms with van der Waals surface area (Å²) in [5, 5.41) is 12.7. The standard InChI is InChI=1S/C22H23F3N2O7/c1-13(2)8-9-33-18-7-4-14(10-19(18)32-3)21(29)34-12-20(28)26-17-6-5-15(27(30)31)11-16(17)22(23,24)25/h4-7,10-11,13H,8-9,12H2,1-3H3,(H,26,28). The number of hydrogen-bond donors (Lipinski definition) is 1. The number of anilines is 1. The normalized spacial score (nSPS) is 11.1. The van der Waals surface area contributed by atoms with Crippen LogP contribution in [-0.4, -0.2) is 37.1 Å². The number of non-ortho nitro benzene ring substituents is 1. The molecule has 0 atom stereocenters. The molecule has 0 fully saturated rings. The molecule has 0 aromatic heterocycles. The van der Waals surface area contributed by atoms with Crippen LogP contribution >= 0.6 is 0 Å². The highest BCUT2D eigenvalue weighted by molar-refractivity contribution is 5.96. The Labute approximate surface area is 193 Å². The van der Waals surface area contributed by atoms with Gasteiger partial charge in [-0.2, -0.15) is 13.2 Å². The first-order valence-electron chi connectivity index (χ1n) is 10.1. The van der Waals surface area contributed by atoms with E-state index in [-0.39, 0.29) is 11.3 Å². The maximum Gasteiger partial charge on any atom is 0.418 e. The fourth-order valence-corrected chi connectivity index (χ4v) is 2.71. The van der Waals surface area contributed by atoms with Gasteiger partial charge in [-0.1, -0.05) is 13.8 Å². The van der Waals surface area contributed by atoms with Crippen molar-refractivity contribution in [2.75, 3.05) is 25.6 Å². The largest absolute Gasteiger partial charge is 0.493 e. The smallest absolute Gasteiger partial charge is 0.418 e. The number of hydrogen-bond acceptors (Lipinski definition) is 7. The van der Waals surface area contributed by atoms with Crippen LogP contribution in [0.5, 0.6) is 11.5 Å². The zero-order valence-electron chi connectivity index (χ0n) is 18.6. The Morgan fingerprint density at radius 1 is 1.12 bits per heavy atom. The minimum atomic E-state index is -4.96. The molecule has 2 aromatic carbocycles. The Kier molecular flexibility index (Phi) is 8.82. The maximum atomic E-state index is 13.2. The fraction of sp³-hybridized carbons (Fsp3) is 0.364. The van der Waals surface area contributed by atoms with Crippen molar-refractivity contribution < 1.29 is 41.9 Å². The van der Waals surface area contributed by atoms with Crippen LogP contribution in [0, 0.1) is 16.0 Å². The Morgan fingerprint density at radius 2 is 1.82 bits per heavy atom. The highest BCUT2D eigenvalue weighted by atomic mass is 19.4. The molecule has 0 saturated carbocycles. The molecule has 1 amide bonds. The molecule has 184 valence electrons. The summed E-state index contributed by atoms with van der Waals surface area (Å²) >= 11 is 0. The van der Waals surface area contributed by atoms with E-state index in [1.807, 2.05) is 19.2 Å². The van der Waals surface area contributed by atoms with Crippen molar-refractivity contribution in [3.8, 4) is 11.5 Å². The van der Waals surface area contributed by atoms with Crippen molar-refractivity contribution in [3.05, 3.63) is 57.6 Å². The summed E-state index contributed by atoms with van der Waals surface area (Å²) in [6.07, 6.45) is -4.15. The summed E-state index contributed by atoms with van der Waals surface area (Å²) in [5.74, 6) is -0.863. The van der Waals surface area contributed by atoms with Gasteiger partial charge in [0, 0.05) is 12.1 Å². The zero-order chi connectivity index (χ0) is 25.5. The third-order valence-corrected chi connectivity index (χ3v) is 4.48. The van der Waals surface area contributed by atoms with Gasteiger partial charge in [0.1, 0.15) is 0 Å². The van der Waals surface area contributed by atoms with Gasteiger partial charge in [0.25, 0.3) is 11.6 Å². The van der Waals surface area contributed by atoms with Crippen molar-refractivity contribution >= 4 is 23.3 Å². The molecule has 0 spiro atoms. The van der Waals surface area contributed by atoms with E-state index in [1.165, 1.54) is 25.3 Å². The van der Waals surface area contributed by atoms with Crippen LogP contribution in [0.4, 0.5) is 24.5 Å². The van der Waals surface area contributed by atoms with Gasteiger partial charge in [-0.05, 0) is 36.6 Å². The van der Waals surface area contributed by atoms with E-state index >= 15 is 0 Å². The summed E-state index contributed by atoms with van der Waals surface area (Å²) in [6.45, 7) is 3.64. The van der Waals surface area contributed by atoms with Gasteiger partial charge in [-0.3, -0.25) is 14.9 Å². The number of carbonyl (C=O) groups excluding carboxylic acids is 2. The van der Waals surface area contributed by atoms with Crippen LogP contribution < -0.4 is 14.8 Å². The van der Waals surface area contributed by atoms with Crippen molar-refractivity contribution in [1.82, 2.24) is 0 Å². The van der Waals surface area contributed by atoms with Crippen molar-refractivity contribution in [2.24, 2.45) is 5.92 Å². The molecule has 9 nitrogen and oxygen atoms in total. The molecular weight excluding hydrogens is 461 g/mol. The van der Waals surface area contributed by atoms with Crippen LogP contribution in [0.1, 0.15) is 36.2 Å². The molecule has 0 bridgehead atoms. The summed E-state index contributed by atoms with van der Waals surface area (Å²) in [5.41, 5.74) is -2.86. The van der Waals surface area contributed by atoms with E-state index in [1.54, 1.807) is 0 Å². The van der Waals surface area contributed by atoms with Gasteiger partial charge >= 0.3 is 12.1 Å². The minimum absolute atomic E-state index is 0.0344. The van der Waals surface area contributed by atoms with Crippen LogP contribution in [0.25, 0.3) is 0 Å². The van der Waals surface area contributed by atoms with Crippen molar-refractivity contribution in [2.45, 2.75) is 26.4 Å². The number of amides is 1. The Hall–Kier alpha value is -3.83. The molecule has 1 N–H and O–H groups in total. The zero-order valence-corrected chi connectivity index (χ0v) is 18.6. The lowest BCUT2D eigenvalue weighted by Gasteiger charge is -2.14. The predicted octanol–water partition coefficient (Wildman–Crippen LogP) is 4.84. The summed E-state index contributed by atoms with van der Waals surface area (Å²) in [4.78, 5) is 34.1. The van der Waals surface area contributed by atoms with Gasteiger partial charge in [0.15, 0.2) is 18.1 Å². The monoisotopic (exact) mass is 484 g/mol. The second-order valence-corrected chi connectivity index (χ2v) is 7.51. The Balaban J connectivity index is 2.04. The number of nitrogens with zero attached hydrogens (tertiary/aromatic N) is 1. The third-order valence-electron chi connectivity index (χ3n) is 4.48. The highest BCUT2D eigenvalue weighted by Crippen LogP contribution is 2.37. The Bertz CT molecular complexity index is 1060. The predicted molar refractivity (Wildman–Crippen MR) is 115 cm³/mol.